The molecule has 0 aliphatic carbocycles. The Morgan fingerprint density at radius 2 is 2.33 bits per heavy atom. The second-order valence-electron chi connectivity index (χ2n) is 5.45. The minimum Gasteiger partial charge on any atom is -0.351 e. The molecule has 0 spiro atoms. The predicted molar refractivity (Wildman–Crippen MR) is 73.7 cm³/mol. The molecule has 1 aliphatic heterocycles. The number of amides is 1. The van der Waals surface area contributed by atoms with Gasteiger partial charge in [0, 0.05) is 24.4 Å². The van der Waals surface area contributed by atoms with Crippen molar-refractivity contribution in [3.05, 3.63) is 46.0 Å². The molecule has 1 saturated heterocycles. The number of aromatic nitrogens is 3. The first-order valence-corrected chi connectivity index (χ1v) is 6.82. The van der Waals surface area contributed by atoms with Crippen molar-refractivity contribution >= 4 is 5.91 Å². The number of aryl methyl sites for hydroxylation is 1. The first-order chi connectivity index (χ1) is 10.0. The molecule has 1 N–H and O–H groups in total. The maximum atomic E-state index is 12.5. The summed E-state index contributed by atoms with van der Waals surface area (Å²) in [5, 5.41) is 3.57. The van der Waals surface area contributed by atoms with Crippen LogP contribution in [0.15, 0.2) is 27.6 Å². The minimum atomic E-state index is -0.644. The molecule has 0 unspecified atom stereocenters. The summed E-state index contributed by atoms with van der Waals surface area (Å²) in [6.45, 7) is 4.26. The molecule has 7 nitrogen and oxygen atoms in total. The number of aromatic amines is 1. The van der Waals surface area contributed by atoms with E-state index in [1.165, 1.54) is 18.3 Å². The van der Waals surface area contributed by atoms with Crippen LogP contribution >= 0.6 is 0 Å². The lowest BCUT2D eigenvalue weighted by molar-refractivity contribution is 0.0560. The smallest absolute Gasteiger partial charge is 0.293 e. The van der Waals surface area contributed by atoms with E-state index in [2.05, 4.69) is 15.1 Å². The fourth-order valence-corrected chi connectivity index (χ4v) is 2.83. The third-order valence-electron chi connectivity index (χ3n) is 3.91. The zero-order valence-electron chi connectivity index (χ0n) is 11.9. The predicted octanol–water partition coefficient (Wildman–Crippen LogP) is 1.22. The maximum absolute atomic E-state index is 12.5. The summed E-state index contributed by atoms with van der Waals surface area (Å²) in [6, 6.07) is 2.97. The van der Waals surface area contributed by atoms with Crippen LogP contribution < -0.4 is 5.56 Å². The normalized spacial score (nSPS) is 21.7. The summed E-state index contributed by atoms with van der Waals surface area (Å²) >= 11 is 0. The van der Waals surface area contributed by atoms with Crippen molar-refractivity contribution in [3.8, 4) is 0 Å². The number of hydrogen-bond acceptors (Lipinski definition) is 5. The highest BCUT2D eigenvalue weighted by Crippen LogP contribution is 2.37. The van der Waals surface area contributed by atoms with Crippen molar-refractivity contribution in [2.75, 3.05) is 6.54 Å². The van der Waals surface area contributed by atoms with Crippen LogP contribution in [0.1, 0.15) is 41.8 Å². The number of carbonyl (C=O) groups is 1. The Hall–Kier alpha value is -2.44. The van der Waals surface area contributed by atoms with Gasteiger partial charge in [-0.05, 0) is 26.7 Å². The second kappa shape index (κ2) is 4.83. The van der Waals surface area contributed by atoms with Crippen molar-refractivity contribution in [1.82, 2.24) is 20.0 Å². The highest BCUT2D eigenvalue weighted by molar-refractivity contribution is 5.92. The molecule has 110 valence electrons. The molecule has 3 heterocycles. The van der Waals surface area contributed by atoms with Gasteiger partial charge in [0.2, 0.25) is 5.76 Å². The monoisotopic (exact) mass is 288 g/mol. The number of rotatable bonds is 2. The van der Waals surface area contributed by atoms with Crippen molar-refractivity contribution in [3.63, 3.8) is 0 Å². The topological polar surface area (TPSA) is 92.1 Å². The van der Waals surface area contributed by atoms with Gasteiger partial charge in [-0.1, -0.05) is 5.16 Å². The lowest BCUT2D eigenvalue weighted by atomic mass is 9.97. The van der Waals surface area contributed by atoms with Crippen LogP contribution in [0.3, 0.4) is 0 Å². The van der Waals surface area contributed by atoms with E-state index < -0.39 is 5.54 Å². The van der Waals surface area contributed by atoms with Gasteiger partial charge in [0.25, 0.3) is 11.5 Å². The molecule has 1 amide bonds. The highest BCUT2D eigenvalue weighted by Gasteiger charge is 2.44. The standard InChI is InChI=1S/C14H16N4O3/c1-9-8-11(19)17-13(16-9)14(2)5-3-7-18(14)12(20)10-4-6-15-21-10/h4,6,8H,3,5,7H2,1-2H3,(H,16,17,19)/t14-/m1/s1. The van der Waals surface area contributed by atoms with Gasteiger partial charge in [-0.25, -0.2) is 4.98 Å². The molecule has 2 aromatic rings. The van der Waals surface area contributed by atoms with Crippen LogP contribution in [0, 0.1) is 6.92 Å². The molecular formula is C14H16N4O3. The number of hydrogen-bond donors (Lipinski definition) is 1. The fourth-order valence-electron chi connectivity index (χ4n) is 2.83. The molecule has 0 saturated carbocycles. The summed E-state index contributed by atoms with van der Waals surface area (Å²) in [4.78, 5) is 33.1. The molecule has 7 heteroatoms. The molecule has 0 bridgehead atoms. The Balaban J connectivity index is 2.02. The minimum absolute atomic E-state index is 0.193. The summed E-state index contributed by atoms with van der Waals surface area (Å²) in [6.07, 6.45) is 3.01. The van der Waals surface area contributed by atoms with Gasteiger partial charge in [0.15, 0.2) is 0 Å². The van der Waals surface area contributed by atoms with Crippen molar-refractivity contribution < 1.29 is 9.32 Å². The van der Waals surface area contributed by atoms with Crippen LogP contribution in [-0.4, -0.2) is 32.5 Å². The van der Waals surface area contributed by atoms with E-state index in [1.54, 1.807) is 11.8 Å². The van der Waals surface area contributed by atoms with E-state index in [9.17, 15) is 9.59 Å². The van der Waals surface area contributed by atoms with Gasteiger partial charge in [0.05, 0.1) is 11.7 Å². The largest absolute Gasteiger partial charge is 0.351 e. The molecule has 0 radical (unpaired) electrons. The van der Waals surface area contributed by atoms with E-state index in [0.717, 1.165) is 12.8 Å². The lowest BCUT2D eigenvalue weighted by Crippen LogP contribution is -2.44. The third kappa shape index (κ3) is 2.24. The van der Waals surface area contributed by atoms with Gasteiger partial charge in [-0.15, -0.1) is 0 Å². The average molecular weight is 288 g/mol. The molecule has 0 aromatic carbocycles. The van der Waals surface area contributed by atoms with E-state index >= 15 is 0 Å². The molecule has 1 fully saturated rings. The highest BCUT2D eigenvalue weighted by atomic mass is 16.5. The Morgan fingerprint density at radius 3 is 3.00 bits per heavy atom. The Morgan fingerprint density at radius 1 is 1.52 bits per heavy atom. The maximum Gasteiger partial charge on any atom is 0.293 e. The van der Waals surface area contributed by atoms with E-state index in [-0.39, 0.29) is 17.2 Å². The fraction of sp³-hybridized carbons (Fsp3) is 0.429. The number of likely N-dealkylation sites (tertiary alicyclic amines) is 1. The molecule has 1 aliphatic rings. The molecule has 2 aromatic heterocycles. The van der Waals surface area contributed by atoms with Crippen molar-refractivity contribution in [2.24, 2.45) is 0 Å². The molecule has 1 atom stereocenters. The zero-order chi connectivity index (χ0) is 15.0. The van der Waals surface area contributed by atoms with Crippen LogP contribution in [0.4, 0.5) is 0 Å². The summed E-state index contributed by atoms with van der Waals surface area (Å²) in [5.74, 6) is 0.465. The quantitative estimate of drug-likeness (QED) is 0.897. The van der Waals surface area contributed by atoms with Gasteiger partial charge >= 0.3 is 0 Å². The first kappa shape index (κ1) is 13.5. The van der Waals surface area contributed by atoms with Crippen LogP contribution in [-0.2, 0) is 5.54 Å². The summed E-state index contributed by atoms with van der Waals surface area (Å²) in [7, 11) is 0. The van der Waals surface area contributed by atoms with Gasteiger partial charge in [-0.3, -0.25) is 9.59 Å². The van der Waals surface area contributed by atoms with E-state index in [0.29, 0.717) is 18.1 Å². The van der Waals surface area contributed by atoms with Crippen LogP contribution in [0.2, 0.25) is 0 Å². The van der Waals surface area contributed by atoms with Crippen molar-refractivity contribution in [2.45, 2.75) is 32.2 Å². The lowest BCUT2D eigenvalue weighted by Gasteiger charge is -2.33. The Bertz CT molecular complexity index is 722. The second-order valence-corrected chi connectivity index (χ2v) is 5.45. The van der Waals surface area contributed by atoms with Crippen LogP contribution in [0.25, 0.3) is 0 Å². The van der Waals surface area contributed by atoms with Crippen molar-refractivity contribution in [1.29, 1.82) is 0 Å². The van der Waals surface area contributed by atoms with Gasteiger partial charge < -0.3 is 14.4 Å². The van der Waals surface area contributed by atoms with Gasteiger partial charge in [0.1, 0.15) is 5.82 Å². The molecule has 3 rings (SSSR count). The van der Waals surface area contributed by atoms with Gasteiger partial charge in [-0.2, -0.15) is 0 Å². The number of nitrogens with one attached hydrogen (secondary N) is 1. The van der Waals surface area contributed by atoms with E-state index in [1.807, 2.05) is 6.92 Å². The third-order valence-corrected chi connectivity index (χ3v) is 3.91. The zero-order valence-corrected chi connectivity index (χ0v) is 11.9. The number of carbonyl (C=O) groups excluding carboxylic acids is 1. The number of H-pyrrole nitrogens is 1. The average Bonchev–Trinajstić information content (AvgIpc) is 3.06. The number of nitrogens with zero attached hydrogens (tertiary/aromatic N) is 3. The molecular weight excluding hydrogens is 272 g/mol. The Labute approximate surface area is 121 Å². The SMILES string of the molecule is Cc1cc(=O)[nH]c([C@@]2(C)CCCN2C(=O)c2ccno2)n1. The summed E-state index contributed by atoms with van der Waals surface area (Å²) in [5.41, 5.74) is -0.221. The first-order valence-electron chi connectivity index (χ1n) is 6.82. The van der Waals surface area contributed by atoms with E-state index in [4.69, 9.17) is 4.52 Å². The van der Waals surface area contributed by atoms with Crippen LogP contribution in [0.5, 0.6) is 0 Å². The summed E-state index contributed by atoms with van der Waals surface area (Å²) < 4.78 is 4.95. The molecule has 21 heavy (non-hydrogen) atoms. The Kier molecular flexibility index (Phi) is 3.12.